The molecule has 1 amide bonds. The Bertz CT molecular complexity index is 780. The van der Waals surface area contributed by atoms with E-state index in [1.54, 1.807) is 0 Å². The molecule has 2 atom stereocenters. The molecule has 2 aliphatic heterocycles. The number of rotatable bonds is 2. The molecule has 2 unspecified atom stereocenters. The van der Waals surface area contributed by atoms with Crippen LogP contribution >= 0.6 is 12.4 Å². The molecule has 0 bridgehead atoms. The van der Waals surface area contributed by atoms with Crippen LogP contribution in [-0.4, -0.2) is 43.3 Å². The zero-order valence-electron chi connectivity index (χ0n) is 14.6. The number of amides is 1. The van der Waals surface area contributed by atoms with Crippen molar-refractivity contribution in [2.24, 2.45) is 5.92 Å². The van der Waals surface area contributed by atoms with Crippen molar-refractivity contribution in [3.05, 3.63) is 59.7 Å². The van der Waals surface area contributed by atoms with Crippen LogP contribution in [0.25, 0.3) is 11.1 Å². The topological polar surface area (TPSA) is 41.6 Å². The SMILES string of the molecule is Cl.O=C(OCC1c2ccccc2-c2ccccc21)N1CCC2CNCC21. The maximum atomic E-state index is 12.6. The van der Waals surface area contributed by atoms with E-state index in [2.05, 4.69) is 53.8 Å². The Morgan fingerprint density at radius 3 is 2.38 bits per heavy atom. The molecule has 0 spiro atoms. The molecule has 0 aromatic heterocycles. The van der Waals surface area contributed by atoms with Crippen LogP contribution in [0.15, 0.2) is 48.5 Å². The van der Waals surface area contributed by atoms with Crippen molar-refractivity contribution >= 4 is 18.5 Å². The van der Waals surface area contributed by atoms with Gasteiger partial charge in [-0.3, -0.25) is 0 Å². The molecule has 0 saturated carbocycles. The molecule has 136 valence electrons. The summed E-state index contributed by atoms with van der Waals surface area (Å²) in [5.41, 5.74) is 5.05. The van der Waals surface area contributed by atoms with Gasteiger partial charge in [-0.25, -0.2) is 4.79 Å². The minimum absolute atomic E-state index is 0. The number of fused-ring (bicyclic) bond motifs is 4. The van der Waals surface area contributed by atoms with E-state index in [0.717, 1.165) is 26.1 Å². The maximum absolute atomic E-state index is 12.6. The van der Waals surface area contributed by atoms with Gasteiger partial charge in [-0.2, -0.15) is 0 Å². The van der Waals surface area contributed by atoms with Crippen molar-refractivity contribution in [3.8, 4) is 11.1 Å². The number of likely N-dealkylation sites (tertiary alicyclic amines) is 1. The summed E-state index contributed by atoms with van der Waals surface area (Å²) in [5, 5.41) is 3.38. The van der Waals surface area contributed by atoms with E-state index in [4.69, 9.17) is 4.74 Å². The van der Waals surface area contributed by atoms with Crippen molar-refractivity contribution in [1.29, 1.82) is 0 Å². The molecule has 1 N–H and O–H groups in total. The van der Waals surface area contributed by atoms with E-state index in [-0.39, 0.29) is 24.4 Å². The highest BCUT2D eigenvalue weighted by Crippen LogP contribution is 2.44. The quantitative estimate of drug-likeness (QED) is 0.877. The molecule has 1 aliphatic carbocycles. The second-order valence-electron chi connectivity index (χ2n) is 7.27. The van der Waals surface area contributed by atoms with Crippen LogP contribution < -0.4 is 5.32 Å². The first-order valence-electron chi connectivity index (χ1n) is 9.15. The van der Waals surface area contributed by atoms with Gasteiger partial charge in [-0.05, 0) is 34.6 Å². The van der Waals surface area contributed by atoms with Crippen LogP contribution in [0.1, 0.15) is 23.5 Å². The molecule has 5 heteroatoms. The van der Waals surface area contributed by atoms with Crippen LogP contribution in [0.4, 0.5) is 4.79 Å². The third kappa shape index (κ3) is 2.68. The molecular formula is C21H23ClN2O2. The van der Waals surface area contributed by atoms with Gasteiger partial charge in [0.25, 0.3) is 0 Å². The monoisotopic (exact) mass is 370 g/mol. The van der Waals surface area contributed by atoms with Crippen LogP contribution in [-0.2, 0) is 4.74 Å². The summed E-state index contributed by atoms with van der Waals surface area (Å²) >= 11 is 0. The average molecular weight is 371 g/mol. The van der Waals surface area contributed by atoms with Gasteiger partial charge in [0, 0.05) is 25.6 Å². The highest BCUT2D eigenvalue weighted by atomic mass is 35.5. The summed E-state index contributed by atoms with van der Waals surface area (Å²) in [7, 11) is 0. The van der Waals surface area contributed by atoms with E-state index in [1.807, 2.05) is 4.90 Å². The normalized spacial score (nSPS) is 23.2. The second-order valence-corrected chi connectivity index (χ2v) is 7.27. The first-order chi connectivity index (χ1) is 12.3. The van der Waals surface area contributed by atoms with Crippen LogP contribution in [0, 0.1) is 5.92 Å². The summed E-state index contributed by atoms with van der Waals surface area (Å²) in [5.74, 6) is 0.733. The summed E-state index contributed by atoms with van der Waals surface area (Å²) in [4.78, 5) is 14.6. The van der Waals surface area contributed by atoms with Crippen molar-refractivity contribution in [2.45, 2.75) is 18.4 Å². The van der Waals surface area contributed by atoms with E-state index in [9.17, 15) is 4.79 Å². The average Bonchev–Trinajstić information content (AvgIpc) is 3.33. The largest absolute Gasteiger partial charge is 0.448 e. The molecular weight excluding hydrogens is 348 g/mol. The summed E-state index contributed by atoms with van der Waals surface area (Å²) in [6.07, 6.45) is 0.931. The Morgan fingerprint density at radius 1 is 1.04 bits per heavy atom. The van der Waals surface area contributed by atoms with E-state index in [0.29, 0.717) is 18.6 Å². The third-order valence-corrected chi connectivity index (χ3v) is 6.02. The lowest BCUT2D eigenvalue weighted by Gasteiger charge is -2.24. The van der Waals surface area contributed by atoms with E-state index < -0.39 is 0 Å². The Balaban J connectivity index is 0.00000168. The number of halogens is 1. The predicted molar refractivity (Wildman–Crippen MR) is 104 cm³/mol. The summed E-state index contributed by atoms with van der Waals surface area (Å²) in [6.45, 7) is 3.16. The fraction of sp³-hybridized carbons (Fsp3) is 0.381. The van der Waals surface area contributed by atoms with E-state index >= 15 is 0 Å². The molecule has 0 radical (unpaired) electrons. The molecule has 2 aromatic rings. The van der Waals surface area contributed by atoms with Crippen LogP contribution in [0.3, 0.4) is 0 Å². The summed E-state index contributed by atoms with van der Waals surface area (Å²) in [6, 6.07) is 17.2. The molecule has 2 fully saturated rings. The minimum atomic E-state index is -0.155. The smallest absolute Gasteiger partial charge is 0.410 e. The van der Waals surface area contributed by atoms with Crippen LogP contribution in [0.5, 0.6) is 0 Å². The Labute approximate surface area is 159 Å². The second kappa shape index (κ2) is 6.93. The van der Waals surface area contributed by atoms with Gasteiger partial charge in [0.1, 0.15) is 6.61 Å². The third-order valence-electron chi connectivity index (χ3n) is 6.02. The lowest BCUT2D eigenvalue weighted by molar-refractivity contribution is 0.0957. The zero-order chi connectivity index (χ0) is 16.8. The number of hydrogen-bond acceptors (Lipinski definition) is 3. The van der Waals surface area contributed by atoms with Crippen LogP contribution in [0.2, 0.25) is 0 Å². The predicted octanol–water partition coefficient (Wildman–Crippen LogP) is 3.65. The lowest BCUT2D eigenvalue weighted by Crippen LogP contribution is -2.39. The molecule has 5 rings (SSSR count). The van der Waals surface area contributed by atoms with Gasteiger partial charge in [0.15, 0.2) is 0 Å². The number of nitrogens with zero attached hydrogens (tertiary/aromatic N) is 1. The molecule has 2 heterocycles. The Kier molecular flexibility index (Phi) is 4.63. The highest BCUT2D eigenvalue weighted by molar-refractivity contribution is 5.85. The Hall–Kier alpha value is -2.04. The first kappa shape index (κ1) is 17.4. The highest BCUT2D eigenvalue weighted by Gasteiger charge is 2.41. The van der Waals surface area contributed by atoms with Crippen molar-refractivity contribution in [1.82, 2.24) is 10.2 Å². The van der Waals surface area contributed by atoms with Crippen molar-refractivity contribution < 1.29 is 9.53 Å². The number of benzene rings is 2. The number of carbonyl (C=O) groups excluding carboxylic acids is 1. The zero-order valence-corrected chi connectivity index (χ0v) is 15.4. The number of carbonyl (C=O) groups is 1. The van der Waals surface area contributed by atoms with Crippen molar-refractivity contribution in [3.63, 3.8) is 0 Å². The lowest BCUT2D eigenvalue weighted by atomic mass is 9.98. The standard InChI is InChI=1S/C21H22N2O2.ClH/c24-21(23-10-9-14-11-22-12-20(14)23)25-13-19-17-7-3-1-5-15(17)16-6-2-4-8-18(16)19;/h1-8,14,19-20,22H,9-13H2;1H. The molecule has 4 nitrogen and oxygen atoms in total. The number of nitrogens with one attached hydrogen (secondary N) is 1. The summed E-state index contributed by atoms with van der Waals surface area (Å²) < 4.78 is 5.79. The minimum Gasteiger partial charge on any atom is -0.448 e. The fourth-order valence-corrected chi connectivity index (χ4v) is 4.75. The number of ether oxygens (including phenoxy) is 1. The molecule has 3 aliphatic rings. The van der Waals surface area contributed by atoms with Gasteiger partial charge >= 0.3 is 6.09 Å². The van der Waals surface area contributed by atoms with Gasteiger partial charge in [-0.1, -0.05) is 48.5 Å². The molecule has 2 aromatic carbocycles. The van der Waals surface area contributed by atoms with Gasteiger partial charge in [-0.15, -0.1) is 12.4 Å². The van der Waals surface area contributed by atoms with Crippen molar-refractivity contribution in [2.75, 3.05) is 26.2 Å². The maximum Gasteiger partial charge on any atom is 0.410 e. The molecule has 26 heavy (non-hydrogen) atoms. The van der Waals surface area contributed by atoms with Gasteiger partial charge < -0.3 is 15.0 Å². The Morgan fingerprint density at radius 2 is 1.69 bits per heavy atom. The van der Waals surface area contributed by atoms with E-state index in [1.165, 1.54) is 22.3 Å². The number of hydrogen-bond donors (Lipinski definition) is 1. The fourth-order valence-electron chi connectivity index (χ4n) is 4.75. The van der Waals surface area contributed by atoms with Gasteiger partial charge in [0.05, 0.1) is 6.04 Å². The first-order valence-corrected chi connectivity index (χ1v) is 9.15. The van der Waals surface area contributed by atoms with Gasteiger partial charge in [0.2, 0.25) is 0 Å². The molecule has 2 saturated heterocycles.